The molecule has 4 nitrogen and oxygen atoms in total. The maximum absolute atomic E-state index is 14.1. The molecule has 0 aliphatic carbocycles. The summed E-state index contributed by atoms with van der Waals surface area (Å²) < 4.78 is 0. The molecule has 0 atom stereocenters. The third-order valence-corrected chi connectivity index (χ3v) is 5.56. The van der Waals surface area contributed by atoms with Gasteiger partial charge in [0, 0.05) is 0 Å². The van der Waals surface area contributed by atoms with Gasteiger partial charge in [0.1, 0.15) is 0 Å². The summed E-state index contributed by atoms with van der Waals surface area (Å²) in [7, 11) is 0. The van der Waals surface area contributed by atoms with E-state index in [-0.39, 0.29) is 0 Å². The summed E-state index contributed by atoms with van der Waals surface area (Å²) in [6.45, 7) is 3.94. The highest BCUT2D eigenvalue weighted by molar-refractivity contribution is 6.03. The fourth-order valence-corrected chi connectivity index (χ4v) is 3.63. The molecule has 0 saturated heterocycles. The Morgan fingerprint density at radius 1 is 0.727 bits per heavy atom. The fraction of sp³-hybridized carbons (Fsp3) is 0.103. The van der Waals surface area contributed by atoms with Crippen LogP contribution in [0.5, 0.6) is 0 Å². The van der Waals surface area contributed by atoms with E-state index in [4.69, 9.17) is 0 Å². The van der Waals surface area contributed by atoms with Gasteiger partial charge in [0.25, 0.3) is 5.91 Å². The first-order chi connectivity index (χ1) is 16.0. The molecule has 1 amide bonds. The molecule has 0 aliphatic rings. The predicted octanol–water partition coefficient (Wildman–Crippen LogP) is 5.61. The molecule has 0 radical (unpaired) electrons. The Balaban J connectivity index is 1.86. The molecule has 0 aliphatic heterocycles. The molecular weight excluding hydrogens is 408 g/mol. The van der Waals surface area contributed by atoms with Crippen LogP contribution in [-0.2, 0) is 10.4 Å². The third-order valence-electron chi connectivity index (χ3n) is 5.56. The molecule has 164 valence electrons. The number of carbonyl (C=O) groups excluding carboxylic acids is 1. The summed E-state index contributed by atoms with van der Waals surface area (Å²) in [6, 6.07) is 33.4. The highest BCUT2D eigenvalue weighted by Crippen LogP contribution is 2.34. The maximum Gasteiger partial charge on any atom is 0.288 e. The Morgan fingerprint density at radius 2 is 1.18 bits per heavy atom. The average Bonchev–Trinajstić information content (AvgIpc) is 2.86. The first-order valence-corrected chi connectivity index (χ1v) is 10.8. The van der Waals surface area contributed by atoms with Crippen molar-refractivity contribution in [2.24, 2.45) is 5.10 Å². The minimum Gasteiger partial charge on any atom is -0.372 e. The molecular formula is C29H26N2O2. The van der Waals surface area contributed by atoms with Gasteiger partial charge in [-0.2, -0.15) is 10.1 Å². The number of carbonyl (C=O) groups is 1. The summed E-state index contributed by atoms with van der Waals surface area (Å²) >= 11 is 0. The van der Waals surface area contributed by atoms with E-state index in [1.807, 2.05) is 86.6 Å². The van der Waals surface area contributed by atoms with Crippen LogP contribution in [0.3, 0.4) is 0 Å². The van der Waals surface area contributed by atoms with Crippen LogP contribution in [0.25, 0.3) is 0 Å². The lowest BCUT2D eigenvalue weighted by atomic mass is 9.84. The maximum atomic E-state index is 14.1. The molecule has 33 heavy (non-hydrogen) atoms. The molecule has 0 spiro atoms. The van der Waals surface area contributed by atoms with Crippen molar-refractivity contribution in [3.63, 3.8) is 0 Å². The molecule has 4 aromatic carbocycles. The van der Waals surface area contributed by atoms with Gasteiger partial charge in [-0.05, 0) is 42.7 Å². The second-order valence-corrected chi connectivity index (χ2v) is 8.05. The van der Waals surface area contributed by atoms with Crippen molar-refractivity contribution in [3.8, 4) is 0 Å². The second-order valence-electron chi connectivity index (χ2n) is 8.05. The van der Waals surface area contributed by atoms with Crippen molar-refractivity contribution < 1.29 is 9.90 Å². The number of aliphatic hydroxyl groups is 1. The molecule has 4 aromatic rings. The minimum atomic E-state index is -1.93. The fourth-order valence-electron chi connectivity index (χ4n) is 3.63. The highest BCUT2D eigenvalue weighted by Gasteiger charge is 2.43. The Hall–Kier alpha value is -4.02. The summed E-state index contributed by atoms with van der Waals surface area (Å²) in [5.41, 5.74) is 2.54. The van der Waals surface area contributed by atoms with Gasteiger partial charge in [-0.25, -0.2) is 0 Å². The van der Waals surface area contributed by atoms with Crippen molar-refractivity contribution in [2.45, 2.75) is 19.4 Å². The van der Waals surface area contributed by atoms with Crippen LogP contribution in [0.4, 0.5) is 5.69 Å². The van der Waals surface area contributed by atoms with E-state index in [0.717, 1.165) is 16.7 Å². The zero-order valence-electron chi connectivity index (χ0n) is 18.7. The zero-order chi connectivity index (χ0) is 23.3. The number of nitrogens with zero attached hydrogens (tertiary/aromatic N) is 2. The zero-order valence-corrected chi connectivity index (χ0v) is 18.7. The van der Waals surface area contributed by atoms with Crippen LogP contribution in [0, 0.1) is 13.8 Å². The monoisotopic (exact) mass is 434 g/mol. The van der Waals surface area contributed by atoms with Crippen LogP contribution in [0.1, 0.15) is 27.8 Å². The van der Waals surface area contributed by atoms with E-state index in [9.17, 15) is 9.90 Å². The Morgan fingerprint density at radius 3 is 1.67 bits per heavy atom. The quantitative estimate of drug-likeness (QED) is 0.317. The van der Waals surface area contributed by atoms with E-state index < -0.39 is 11.5 Å². The molecule has 0 heterocycles. The first kappa shape index (κ1) is 22.2. The normalized spacial score (nSPS) is 11.5. The van der Waals surface area contributed by atoms with Crippen LogP contribution in [0.2, 0.25) is 0 Å². The number of rotatable bonds is 6. The van der Waals surface area contributed by atoms with Gasteiger partial charge in [-0.15, -0.1) is 0 Å². The molecule has 1 N–H and O–H groups in total. The van der Waals surface area contributed by atoms with Crippen molar-refractivity contribution in [1.29, 1.82) is 0 Å². The van der Waals surface area contributed by atoms with E-state index in [1.54, 1.807) is 42.6 Å². The first-order valence-electron chi connectivity index (χ1n) is 10.8. The van der Waals surface area contributed by atoms with Gasteiger partial charge in [0.05, 0.1) is 11.9 Å². The van der Waals surface area contributed by atoms with Gasteiger partial charge in [-0.3, -0.25) is 4.79 Å². The van der Waals surface area contributed by atoms with Gasteiger partial charge >= 0.3 is 0 Å². The summed E-state index contributed by atoms with van der Waals surface area (Å²) in [5, 5.41) is 17.9. The Kier molecular flexibility index (Phi) is 6.48. The number of anilines is 1. The number of hydrogen-bond donors (Lipinski definition) is 1. The van der Waals surface area contributed by atoms with Gasteiger partial charge in [-0.1, -0.05) is 108 Å². The Bertz CT molecular complexity index is 1190. The lowest BCUT2D eigenvalue weighted by Crippen LogP contribution is -2.46. The second kappa shape index (κ2) is 9.63. The number of benzene rings is 4. The molecule has 0 unspecified atom stereocenters. The topological polar surface area (TPSA) is 52.9 Å². The lowest BCUT2D eigenvalue weighted by molar-refractivity contribution is -0.133. The van der Waals surface area contributed by atoms with Gasteiger partial charge in [0.2, 0.25) is 0 Å². The minimum absolute atomic E-state index is 0.484. The standard InChI is InChI=1S/C29H26N2O2/c1-22-13-17-25(18-14-22)29(33,26-19-15-23(2)16-20-26)28(32)31(27-11-7-4-8-12-27)30-21-24-9-5-3-6-10-24/h3-21,33H,1-2H3. The number of hydrogen-bond acceptors (Lipinski definition) is 3. The van der Waals surface area contributed by atoms with Crippen LogP contribution in [-0.4, -0.2) is 17.2 Å². The van der Waals surface area contributed by atoms with Crippen LogP contribution in [0.15, 0.2) is 114 Å². The van der Waals surface area contributed by atoms with Crippen molar-refractivity contribution in [2.75, 3.05) is 5.01 Å². The molecule has 4 heteroatoms. The van der Waals surface area contributed by atoms with Crippen molar-refractivity contribution in [1.82, 2.24) is 0 Å². The predicted molar refractivity (Wildman–Crippen MR) is 133 cm³/mol. The summed E-state index contributed by atoms with van der Waals surface area (Å²) in [4.78, 5) is 14.1. The summed E-state index contributed by atoms with van der Waals surface area (Å²) in [6.07, 6.45) is 1.62. The molecule has 0 fully saturated rings. The molecule has 0 saturated carbocycles. The van der Waals surface area contributed by atoms with Gasteiger partial charge in [0.15, 0.2) is 5.60 Å². The summed E-state index contributed by atoms with van der Waals surface area (Å²) in [5.74, 6) is -0.561. The SMILES string of the molecule is Cc1ccc(C(O)(C(=O)N(N=Cc2ccccc2)c2ccccc2)c2ccc(C)cc2)cc1. The van der Waals surface area contributed by atoms with Crippen molar-refractivity contribution in [3.05, 3.63) is 137 Å². The molecule has 4 rings (SSSR count). The average molecular weight is 435 g/mol. The number of aryl methyl sites for hydroxylation is 2. The number of amides is 1. The van der Waals surface area contributed by atoms with E-state index in [2.05, 4.69) is 5.10 Å². The largest absolute Gasteiger partial charge is 0.372 e. The third kappa shape index (κ3) is 4.76. The smallest absolute Gasteiger partial charge is 0.288 e. The number of para-hydroxylation sites is 1. The number of hydrazone groups is 1. The van der Waals surface area contributed by atoms with E-state index in [0.29, 0.717) is 16.8 Å². The van der Waals surface area contributed by atoms with E-state index in [1.165, 1.54) is 5.01 Å². The van der Waals surface area contributed by atoms with Crippen molar-refractivity contribution >= 4 is 17.8 Å². The highest BCUT2D eigenvalue weighted by atomic mass is 16.3. The van der Waals surface area contributed by atoms with Crippen LogP contribution >= 0.6 is 0 Å². The van der Waals surface area contributed by atoms with Crippen LogP contribution < -0.4 is 5.01 Å². The lowest BCUT2D eigenvalue weighted by Gasteiger charge is -2.32. The van der Waals surface area contributed by atoms with Gasteiger partial charge < -0.3 is 5.11 Å². The molecule has 0 aromatic heterocycles. The molecule has 0 bridgehead atoms. The Labute approximate surface area is 194 Å². The van der Waals surface area contributed by atoms with E-state index >= 15 is 0 Å².